The number of Topliss-reactive ketones (excluding diaryl/α,β-unsaturated/α-hetero) is 2. The standard InChI is InChI=1S/C22H20Cl2N2O4/c23-17-19(25-11-13-29-15-7-3-1-4-8-15)21(27)18(24)20(22(17)28)26-12-14-30-16-9-5-2-6-10-16/h1-10,25-26H,11-14H2. The molecule has 0 unspecified atom stereocenters. The Morgan fingerprint density at radius 3 is 1.37 bits per heavy atom. The van der Waals surface area contributed by atoms with Gasteiger partial charge in [0.15, 0.2) is 0 Å². The third-order valence-electron chi connectivity index (χ3n) is 4.12. The van der Waals surface area contributed by atoms with Crippen LogP contribution in [0.15, 0.2) is 82.1 Å². The summed E-state index contributed by atoms with van der Waals surface area (Å²) in [5.74, 6) is 0.306. The fourth-order valence-corrected chi connectivity index (χ4v) is 3.18. The zero-order valence-electron chi connectivity index (χ0n) is 16.0. The molecule has 0 bridgehead atoms. The molecule has 6 nitrogen and oxygen atoms in total. The number of benzene rings is 2. The van der Waals surface area contributed by atoms with E-state index in [9.17, 15) is 9.59 Å². The maximum atomic E-state index is 12.6. The molecule has 1 aliphatic carbocycles. The maximum Gasteiger partial charge on any atom is 0.224 e. The van der Waals surface area contributed by atoms with Gasteiger partial charge in [0, 0.05) is 13.1 Å². The Labute approximate surface area is 184 Å². The molecule has 0 aromatic heterocycles. The summed E-state index contributed by atoms with van der Waals surface area (Å²) in [7, 11) is 0. The molecule has 0 radical (unpaired) electrons. The van der Waals surface area contributed by atoms with Crippen LogP contribution in [-0.2, 0) is 9.59 Å². The zero-order chi connectivity index (χ0) is 21.3. The number of nitrogens with one attached hydrogen (secondary N) is 2. The second-order valence-electron chi connectivity index (χ2n) is 6.21. The van der Waals surface area contributed by atoms with Crippen molar-refractivity contribution in [3.05, 3.63) is 82.1 Å². The molecular formula is C22H20Cl2N2O4. The first-order chi connectivity index (χ1) is 14.6. The number of halogens is 2. The van der Waals surface area contributed by atoms with Gasteiger partial charge in [-0.3, -0.25) is 9.59 Å². The molecule has 0 amide bonds. The summed E-state index contributed by atoms with van der Waals surface area (Å²) in [4.78, 5) is 25.1. The average molecular weight is 447 g/mol. The van der Waals surface area contributed by atoms with E-state index in [1.807, 2.05) is 60.7 Å². The van der Waals surface area contributed by atoms with Crippen LogP contribution in [0.25, 0.3) is 0 Å². The largest absolute Gasteiger partial charge is 0.492 e. The van der Waals surface area contributed by atoms with Crippen LogP contribution < -0.4 is 20.1 Å². The van der Waals surface area contributed by atoms with E-state index in [0.717, 1.165) is 0 Å². The number of hydrogen-bond acceptors (Lipinski definition) is 6. The quantitative estimate of drug-likeness (QED) is 0.430. The van der Waals surface area contributed by atoms with E-state index >= 15 is 0 Å². The van der Waals surface area contributed by atoms with Crippen LogP contribution in [0.5, 0.6) is 11.5 Å². The number of allylic oxidation sites excluding steroid dienone is 2. The molecule has 0 fully saturated rings. The molecule has 0 saturated carbocycles. The van der Waals surface area contributed by atoms with E-state index in [-0.39, 0.29) is 47.8 Å². The minimum atomic E-state index is -0.549. The monoisotopic (exact) mass is 446 g/mol. The highest BCUT2D eigenvalue weighted by Gasteiger charge is 2.33. The van der Waals surface area contributed by atoms with Gasteiger partial charge in [-0.2, -0.15) is 0 Å². The SMILES string of the molecule is O=C1C(Cl)=C(NCCOc2ccccc2)C(=O)C(Cl)=C1NCCOc1ccccc1. The van der Waals surface area contributed by atoms with Crippen molar-refractivity contribution in [2.75, 3.05) is 26.3 Å². The molecule has 2 aromatic carbocycles. The van der Waals surface area contributed by atoms with E-state index in [0.29, 0.717) is 11.5 Å². The summed E-state index contributed by atoms with van der Waals surface area (Å²) in [5, 5.41) is 5.26. The molecule has 0 aliphatic heterocycles. The first-order valence-electron chi connectivity index (χ1n) is 9.30. The fraction of sp³-hybridized carbons (Fsp3) is 0.182. The minimum absolute atomic E-state index is 0.0330. The van der Waals surface area contributed by atoms with Gasteiger partial charge in [-0.25, -0.2) is 0 Å². The topological polar surface area (TPSA) is 76.7 Å². The number of para-hydroxylation sites is 2. The van der Waals surface area contributed by atoms with Crippen LogP contribution in [-0.4, -0.2) is 37.9 Å². The van der Waals surface area contributed by atoms with Gasteiger partial charge in [0.25, 0.3) is 0 Å². The highest BCUT2D eigenvalue weighted by Crippen LogP contribution is 2.26. The number of carbonyl (C=O) groups excluding carboxylic acids is 2. The lowest BCUT2D eigenvalue weighted by Gasteiger charge is -2.20. The Balaban J connectivity index is 1.51. The van der Waals surface area contributed by atoms with Crippen molar-refractivity contribution in [1.29, 1.82) is 0 Å². The maximum absolute atomic E-state index is 12.6. The average Bonchev–Trinajstić information content (AvgIpc) is 2.78. The van der Waals surface area contributed by atoms with Gasteiger partial charge in [-0.15, -0.1) is 0 Å². The van der Waals surface area contributed by atoms with Crippen LogP contribution in [0.1, 0.15) is 0 Å². The van der Waals surface area contributed by atoms with Gasteiger partial charge >= 0.3 is 0 Å². The van der Waals surface area contributed by atoms with Crippen molar-refractivity contribution >= 4 is 34.8 Å². The normalized spacial score (nSPS) is 14.1. The summed E-state index contributed by atoms with van der Waals surface area (Å²) in [6.07, 6.45) is 0. The van der Waals surface area contributed by atoms with Gasteiger partial charge in [-0.1, -0.05) is 59.6 Å². The van der Waals surface area contributed by atoms with E-state index in [4.69, 9.17) is 32.7 Å². The molecule has 0 spiro atoms. The van der Waals surface area contributed by atoms with Gasteiger partial charge in [0.2, 0.25) is 11.6 Å². The number of rotatable bonds is 10. The lowest BCUT2D eigenvalue weighted by molar-refractivity contribution is -0.116. The Kier molecular flexibility index (Phi) is 7.76. The van der Waals surface area contributed by atoms with Gasteiger partial charge in [0.1, 0.15) is 46.2 Å². The molecule has 30 heavy (non-hydrogen) atoms. The summed E-state index contributed by atoms with van der Waals surface area (Å²) in [6.45, 7) is 1.11. The molecule has 1 aliphatic rings. The molecule has 0 saturated heterocycles. The number of hydrogen-bond donors (Lipinski definition) is 2. The van der Waals surface area contributed by atoms with Gasteiger partial charge < -0.3 is 20.1 Å². The number of carbonyl (C=O) groups is 2. The summed E-state index contributed by atoms with van der Waals surface area (Å²) in [6, 6.07) is 18.5. The van der Waals surface area contributed by atoms with E-state index in [1.165, 1.54) is 0 Å². The van der Waals surface area contributed by atoms with Crippen LogP contribution in [0.2, 0.25) is 0 Å². The van der Waals surface area contributed by atoms with Crippen molar-refractivity contribution in [2.45, 2.75) is 0 Å². The van der Waals surface area contributed by atoms with Crippen molar-refractivity contribution < 1.29 is 19.1 Å². The third kappa shape index (κ3) is 5.55. The highest BCUT2D eigenvalue weighted by molar-refractivity contribution is 6.55. The summed E-state index contributed by atoms with van der Waals surface area (Å²) >= 11 is 12.3. The smallest absolute Gasteiger partial charge is 0.224 e. The Hall–Kier alpha value is -2.96. The number of ether oxygens (including phenoxy) is 2. The fourth-order valence-electron chi connectivity index (χ4n) is 2.68. The molecule has 3 rings (SSSR count). The Bertz CT molecular complexity index is 880. The highest BCUT2D eigenvalue weighted by atomic mass is 35.5. The Morgan fingerprint density at radius 1 is 0.633 bits per heavy atom. The lowest BCUT2D eigenvalue weighted by Crippen LogP contribution is -2.36. The van der Waals surface area contributed by atoms with Crippen LogP contribution in [0.3, 0.4) is 0 Å². The number of ketones is 2. The first-order valence-corrected chi connectivity index (χ1v) is 10.1. The predicted molar refractivity (Wildman–Crippen MR) is 116 cm³/mol. The van der Waals surface area contributed by atoms with E-state index < -0.39 is 11.6 Å². The van der Waals surface area contributed by atoms with Gasteiger partial charge in [0.05, 0.1) is 0 Å². The summed E-state index contributed by atoms with van der Waals surface area (Å²) < 4.78 is 11.1. The van der Waals surface area contributed by atoms with Crippen LogP contribution in [0, 0.1) is 0 Å². The predicted octanol–water partition coefficient (Wildman–Crippen LogP) is 3.38. The second kappa shape index (κ2) is 10.7. The van der Waals surface area contributed by atoms with Crippen molar-refractivity contribution in [1.82, 2.24) is 10.6 Å². The Morgan fingerprint density at radius 2 is 1.00 bits per heavy atom. The molecule has 0 heterocycles. The molecule has 8 heteroatoms. The lowest BCUT2D eigenvalue weighted by atomic mass is 10.1. The van der Waals surface area contributed by atoms with Gasteiger partial charge in [-0.05, 0) is 24.3 Å². The second-order valence-corrected chi connectivity index (χ2v) is 6.97. The van der Waals surface area contributed by atoms with Crippen LogP contribution >= 0.6 is 23.2 Å². The molecule has 2 N–H and O–H groups in total. The zero-order valence-corrected chi connectivity index (χ0v) is 17.5. The summed E-state index contributed by atoms with van der Waals surface area (Å²) in [5.41, 5.74) is -0.0659. The molecule has 2 aromatic rings. The first kappa shape index (κ1) is 21.7. The van der Waals surface area contributed by atoms with E-state index in [1.54, 1.807) is 0 Å². The van der Waals surface area contributed by atoms with Crippen molar-refractivity contribution in [2.24, 2.45) is 0 Å². The minimum Gasteiger partial charge on any atom is -0.492 e. The molecular weight excluding hydrogens is 427 g/mol. The van der Waals surface area contributed by atoms with E-state index in [2.05, 4.69) is 10.6 Å². The molecule has 156 valence electrons. The van der Waals surface area contributed by atoms with Crippen molar-refractivity contribution in [3.63, 3.8) is 0 Å². The molecule has 0 atom stereocenters. The van der Waals surface area contributed by atoms with Crippen molar-refractivity contribution in [3.8, 4) is 11.5 Å². The third-order valence-corrected chi connectivity index (χ3v) is 4.84. The van der Waals surface area contributed by atoms with Crippen LogP contribution in [0.4, 0.5) is 0 Å².